The van der Waals surface area contributed by atoms with Crippen LogP contribution >= 0.6 is 11.6 Å². The Morgan fingerprint density at radius 2 is 2.09 bits per heavy atom. The molecule has 0 unspecified atom stereocenters. The van der Waals surface area contributed by atoms with E-state index in [1.165, 1.54) is 18.2 Å². The first-order valence-electron chi connectivity index (χ1n) is 7.63. The second kappa shape index (κ2) is 8.26. The van der Waals surface area contributed by atoms with Crippen molar-refractivity contribution in [1.82, 2.24) is 4.90 Å². The third-order valence-corrected chi connectivity index (χ3v) is 4.01. The minimum atomic E-state index is -0.524. The van der Waals surface area contributed by atoms with Crippen molar-refractivity contribution in [2.24, 2.45) is 5.92 Å². The van der Waals surface area contributed by atoms with Gasteiger partial charge in [0.05, 0.1) is 24.8 Å². The van der Waals surface area contributed by atoms with Gasteiger partial charge in [0.15, 0.2) is 0 Å². The van der Waals surface area contributed by atoms with Crippen LogP contribution in [0.25, 0.3) is 0 Å². The van der Waals surface area contributed by atoms with E-state index in [1.54, 1.807) is 6.92 Å². The van der Waals surface area contributed by atoms with Crippen LogP contribution in [0.5, 0.6) is 0 Å². The molecule has 0 saturated carbocycles. The smallest absolute Gasteiger partial charge is 0.309 e. The molecule has 1 N–H and O–H groups in total. The number of esters is 1. The lowest BCUT2D eigenvalue weighted by Gasteiger charge is -2.30. The molecule has 0 radical (unpaired) electrons. The van der Waals surface area contributed by atoms with Gasteiger partial charge in [-0.05, 0) is 51.1 Å². The van der Waals surface area contributed by atoms with Gasteiger partial charge in [-0.3, -0.25) is 14.5 Å². The van der Waals surface area contributed by atoms with E-state index in [2.05, 4.69) is 5.32 Å². The summed E-state index contributed by atoms with van der Waals surface area (Å²) >= 11 is 5.79. The summed E-state index contributed by atoms with van der Waals surface area (Å²) in [5.41, 5.74) is 0.0731. The maximum Gasteiger partial charge on any atom is 0.309 e. The molecule has 1 fully saturated rings. The Labute approximate surface area is 139 Å². The number of nitrogens with one attached hydrogen (secondary N) is 1. The molecule has 0 aromatic heterocycles. The zero-order valence-corrected chi connectivity index (χ0v) is 13.7. The van der Waals surface area contributed by atoms with Crippen LogP contribution in [-0.4, -0.2) is 43.0 Å². The van der Waals surface area contributed by atoms with Crippen molar-refractivity contribution in [1.29, 1.82) is 0 Å². The van der Waals surface area contributed by atoms with Crippen LogP contribution in [0, 0.1) is 11.7 Å². The third kappa shape index (κ3) is 5.18. The van der Waals surface area contributed by atoms with Gasteiger partial charge in [0.25, 0.3) is 0 Å². The second-order valence-corrected chi connectivity index (χ2v) is 5.91. The molecule has 1 heterocycles. The predicted molar refractivity (Wildman–Crippen MR) is 85.8 cm³/mol. The quantitative estimate of drug-likeness (QED) is 0.836. The molecule has 0 spiro atoms. The van der Waals surface area contributed by atoms with E-state index in [4.69, 9.17) is 16.3 Å². The van der Waals surface area contributed by atoms with Gasteiger partial charge in [-0.25, -0.2) is 4.39 Å². The van der Waals surface area contributed by atoms with Gasteiger partial charge in [0.1, 0.15) is 5.82 Å². The molecule has 1 aliphatic rings. The fourth-order valence-electron chi connectivity index (χ4n) is 2.57. The number of piperidine rings is 1. The van der Waals surface area contributed by atoms with Crippen molar-refractivity contribution < 1.29 is 18.7 Å². The van der Waals surface area contributed by atoms with Crippen LogP contribution in [0.3, 0.4) is 0 Å². The summed E-state index contributed by atoms with van der Waals surface area (Å²) in [5.74, 6) is -1.10. The number of rotatable bonds is 5. The summed E-state index contributed by atoms with van der Waals surface area (Å²) in [5, 5.41) is 2.88. The van der Waals surface area contributed by atoms with Gasteiger partial charge in [0, 0.05) is 5.02 Å². The monoisotopic (exact) mass is 342 g/mol. The van der Waals surface area contributed by atoms with Crippen LogP contribution in [0.1, 0.15) is 19.8 Å². The molecule has 126 valence electrons. The average Bonchev–Trinajstić information content (AvgIpc) is 2.52. The number of likely N-dealkylation sites (tertiary alicyclic amines) is 1. The van der Waals surface area contributed by atoms with E-state index in [-0.39, 0.29) is 30.0 Å². The number of benzene rings is 1. The molecule has 0 aliphatic carbocycles. The first kappa shape index (κ1) is 17.7. The highest BCUT2D eigenvalue weighted by atomic mass is 35.5. The molecule has 5 nitrogen and oxygen atoms in total. The number of carbonyl (C=O) groups is 2. The Hall–Kier alpha value is -1.66. The predicted octanol–water partition coefficient (Wildman–Crippen LogP) is 2.69. The van der Waals surface area contributed by atoms with E-state index in [9.17, 15) is 14.0 Å². The van der Waals surface area contributed by atoms with Crippen LogP contribution in [0.2, 0.25) is 5.02 Å². The summed E-state index contributed by atoms with van der Waals surface area (Å²) in [6, 6.07) is 4.01. The SMILES string of the molecule is CCOC(=O)C1CCN(CC(=O)Nc2cc(Cl)ccc2F)CC1. The molecular formula is C16H20ClFN2O3. The van der Waals surface area contributed by atoms with Gasteiger partial charge < -0.3 is 10.1 Å². The number of ether oxygens (including phenoxy) is 1. The zero-order chi connectivity index (χ0) is 16.8. The molecule has 23 heavy (non-hydrogen) atoms. The lowest BCUT2D eigenvalue weighted by atomic mass is 9.97. The van der Waals surface area contributed by atoms with Crippen molar-refractivity contribution in [2.45, 2.75) is 19.8 Å². The number of hydrogen-bond donors (Lipinski definition) is 1. The highest BCUT2D eigenvalue weighted by molar-refractivity contribution is 6.30. The molecule has 7 heteroatoms. The van der Waals surface area contributed by atoms with Gasteiger partial charge in [-0.15, -0.1) is 0 Å². The Morgan fingerprint density at radius 3 is 2.74 bits per heavy atom. The second-order valence-electron chi connectivity index (χ2n) is 5.47. The van der Waals surface area contributed by atoms with Crippen LogP contribution < -0.4 is 5.32 Å². The first-order valence-corrected chi connectivity index (χ1v) is 8.01. The van der Waals surface area contributed by atoms with Gasteiger partial charge in [0.2, 0.25) is 5.91 Å². The van der Waals surface area contributed by atoms with Gasteiger partial charge >= 0.3 is 5.97 Å². The normalized spacial score (nSPS) is 16.1. The lowest BCUT2D eigenvalue weighted by Crippen LogP contribution is -2.41. The van der Waals surface area contributed by atoms with Crippen LogP contribution in [0.4, 0.5) is 10.1 Å². The standard InChI is InChI=1S/C16H20ClFN2O3/c1-2-23-16(22)11-5-7-20(8-6-11)10-15(21)19-14-9-12(17)3-4-13(14)18/h3-4,9,11H,2,5-8,10H2,1H3,(H,19,21). The Morgan fingerprint density at radius 1 is 1.39 bits per heavy atom. The topological polar surface area (TPSA) is 58.6 Å². The average molecular weight is 343 g/mol. The minimum Gasteiger partial charge on any atom is -0.466 e. The van der Waals surface area contributed by atoms with Crippen molar-refractivity contribution in [3.63, 3.8) is 0 Å². The summed E-state index contributed by atoms with van der Waals surface area (Å²) in [7, 11) is 0. The summed E-state index contributed by atoms with van der Waals surface area (Å²) in [4.78, 5) is 25.6. The van der Waals surface area contributed by atoms with Crippen molar-refractivity contribution in [2.75, 3.05) is 31.6 Å². The van der Waals surface area contributed by atoms with Gasteiger partial charge in [-0.1, -0.05) is 11.6 Å². The summed E-state index contributed by atoms with van der Waals surface area (Å²) < 4.78 is 18.6. The molecule has 2 rings (SSSR count). The van der Waals surface area contributed by atoms with Gasteiger partial charge in [-0.2, -0.15) is 0 Å². The Bertz CT molecular complexity index is 574. The van der Waals surface area contributed by atoms with E-state index >= 15 is 0 Å². The Kier molecular flexibility index (Phi) is 6.36. The maximum absolute atomic E-state index is 13.6. The van der Waals surface area contributed by atoms with E-state index in [1.807, 2.05) is 4.90 Å². The van der Waals surface area contributed by atoms with E-state index < -0.39 is 5.82 Å². The van der Waals surface area contributed by atoms with Crippen molar-refractivity contribution in [3.8, 4) is 0 Å². The minimum absolute atomic E-state index is 0.0731. The summed E-state index contributed by atoms with van der Waals surface area (Å²) in [6.45, 7) is 3.59. The zero-order valence-electron chi connectivity index (χ0n) is 13.0. The number of anilines is 1. The van der Waals surface area contributed by atoms with E-state index in [0.717, 1.165) is 0 Å². The fourth-order valence-corrected chi connectivity index (χ4v) is 2.75. The molecule has 1 amide bonds. The summed E-state index contributed by atoms with van der Waals surface area (Å²) in [6.07, 6.45) is 1.33. The van der Waals surface area contributed by atoms with Crippen LogP contribution in [-0.2, 0) is 14.3 Å². The molecule has 1 aromatic rings. The van der Waals surface area contributed by atoms with Crippen molar-refractivity contribution >= 4 is 29.2 Å². The molecule has 1 aliphatic heterocycles. The molecular weight excluding hydrogens is 323 g/mol. The molecule has 0 bridgehead atoms. The molecule has 0 atom stereocenters. The van der Waals surface area contributed by atoms with E-state index in [0.29, 0.717) is 37.6 Å². The molecule has 1 saturated heterocycles. The number of carbonyl (C=O) groups excluding carboxylic acids is 2. The highest BCUT2D eigenvalue weighted by Gasteiger charge is 2.26. The highest BCUT2D eigenvalue weighted by Crippen LogP contribution is 2.21. The molecule has 1 aromatic carbocycles. The lowest BCUT2D eigenvalue weighted by molar-refractivity contribution is -0.149. The fraction of sp³-hybridized carbons (Fsp3) is 0.500. The number of hydrogen-bond acceptors (Lipinski definition) is 4. The first-order chi connectivity index (χ1) is 11.0. The number of nitrogens with zero attached hydrogens (tertiary/aromatic N) is 1. The maximum atomic E-state index is 13.6. The number of halogens is 2. The third-order valence-electron chi connectivity index (χ3n) is 3.78. The largest absolute Gasteiger partial charge is 0.466 e. The van der Waals surface area contributed by atoms with Crippen LogP contribution in [0.15, 0.2) is 18.2 Å². The Balaban J connectivity index is 1.81. The van der Waals surface area contributed by atoms with Crippen molar-refractivity contribution in [3.05, 3.63) is 29.0 Å². The number of amides is 1.